The molecule has 0 aliphatic carbocycles. The van der Waals surface area contributed by atoms with Crippen molar-refractivity contribution in [2.75, 3.05) is 6.61 Å². The number of nitrogens with zero attached hydrogens (tertiary/aromatic N) is 1. The third-order valence-corrected chi connectivity index (χ3v) is 2.86. The Morgan fingerprint density at radius 1 is 1.47 bits per heavy atom. The number of ether oxygens (including phenoxy) is 1. The maximum absolute atomic E-state index is 10.7. The lowest BCUT2D eigenvalue weighted by molar-refractivity contribution is -0.142. The molecule has 1 aromatic heterocycles. The molecule has 1 heterocycles. The summed E-state index contributed by atoms with van der Waals surface area (Å²) in [4.78, 5) is 10.7. The molecule has 0 fully saturated rings. The van der Waals surface area contributed by atoms with Gasteiger partial charge in [0, 0.05) is 11.1 Å². The first-order valence-electron chi connectivity index (χ1n) is 5.73. The molecule has 0 radical (unpaired) electrons. The Morgan fingerprint density at radius 2 is 2.16 bits per heavy atom. The maximum atomic E-state index is 10.7. The van der Waals surface area contributed by atoms with Crippen LogP contribution in [0.1, 0.15) is 6.92 Å². The Kier molecular flexibility index (Phi) is 4.06. The number of H-pyrrole nitrogens is 1. The van der Waals surface area contributed by atoms with E-state index in [1.54, 1.807) is 25.1 Å². The molecule has 1 atom stereocenters. The van der Waals surface area contributed by atoms with Gasteiger partial charge in [-0.1, -0.05) is 23.7 Å². The number of halogens is 1. The molecule has 1 aromatic carbocycles. The van der Waals surface area contributed by atoms with Crippen molar-refractivity contribution in [3.8, 4) is 17.1 Å². The van der Waals surface area contributed by atoms with Gasteiger partial charge in [0.1, 0.15) is 6.61 Å². The third kappa shape index (κ3) is 3.48. The highest BCUT2D eigenvalue weighted by Gasteiger charge is 2.12. The molecular weight excluding hydrogens is 268 g/mol. The number of benzene rings is 1. The quantitative estimate of drug-likeness (QED) is 0.883. The monoisotopic (exact) mass is 280 g/mol. The summed E-state index contributed by atoms with van der Waals surface area (Å²) in [5, 5.41) is 16.2. The maximum Gasteiger partial charge on any atom is 0.309 e. The normalized spacial score (nSPS) is 12.1. The van der Waals surface area contributed by atoms with Crippen LogP contribution in [0.3, 0.4) is 0 Å². The second-order valence-electron chi connectivity index (χ2n) is 4.18. The fraction of sp³-hybridized carbons (Fsp3) is 0.231. The smallest absolute Gasteiger partial charge is 0.309 e. The van der Waals surface area contributed by atoms with E-state index in [1.165, 1.54) is 0 Å². The van der Waals surface area contributed by atoms with Crippen LogP contribution >= 0.6 is 11.6 Å². The predicted molar refractivity (Wildman–Crippen MR) is 71.3 cm³/mol. The lowest BCUT2D eigenvalue weighted by atomic mass is 10.1. The number of hydrogen-bond acceptors (Lipinski definition) is 3. The number of carbonyl (C=O) groups is 1. The molecule has 0 amide bonds. The minimum Gasteiger partial charge on any atom is -0.481 e. The Morgan fingerprint density at radius 3 is 2.79 bits per heavy atom. The standard InChI is InChI=1S/C13H13ClN2O3/c1-8(13(17)18)7-19-12-6-11(15-16-12)9-2-4-10(14)5-3-9/h2-6,8H,7H2,1H3,(H,15,16)(H,17,18). The van der Waals surface area contributed by atoms with E-state index in [0.717, 1.165) is 11.3 Å². The fourth-order valence-corrected chi connectivity index (χ4v) is 1.56. The van der Waals surface area contributed by atoms with Crippen molar-refractivity contribution in [1.82, 2.24) is 10.2 Å². The van der Waals surface area contributed by atoms with Crippen LogP contribution in [-0.4, -0.2) is 27.9 Å². The highest BCUT2D eigenvalue weighted by molar-refractivity contribution is 6.30. The minimum atomic E-state index is -0.895. The molecule has 19 heavy (non-hydrogen) atoms. The molecular formula is C13H13ClN2O3. The summed E-state index contributed by atoms with van der Waals surface area (Å²) in [5.74, 6) is -1.10. The lowest BCUT2D eigenvalue weighted by Crippen LogP contribution is -2.17. The highest BCUT2D eigenvalue weighted by atomic mass is 35.5. The van der Waals surface area contributed by atoms with E-state index in [-0.39, 0.29) is 6.61 Å². The van der Waals surface area contributed by atoms with E-state index in [2.05, 4.69) is 10.2 Å². The number of rotatable bonds is 5. The Hall–Kier alpha value is -2.01. The molecule has 5 nitrogen and oxygen atoms in total. The number of carboxylic acids is 1. The van der Waals surface area contributed by atoms with E-state index in [1.807, 2.05) is 12.1 Å². The van der Waals surface area contributed by atoms with Crippen LogP contribution in [0.25, 0.3) is 11.3 Å². The van der Waals surface area contributed by atoms with Gasteiger partial charge >= 0.3 is 5.97 Å². The number of hydrogen-bond donors (Lipinski definition) is 2. The molecule has 100 valence electrons. The summed E-state index contributed by atoms with van der Waals surface area (Å²) >= 11 is 5.81. The first-order valence-corrected chi connectivity index (χ1v) is 6.11. The first kappa shape index (κ1) is 13.4. The van der Waals surface area contributed by atoms with Gasteiger partial charge in [-0.2, -0.15) is 0 Å². The molecule has 0 spiro atoms. The largest absolute Gasteiger partial charge is 0.481 e. The molecule has 1 unspecified atom stereocenters. The average Bonchev–Trinajstić information content (AvgIpc) is 2.85. The van der Waals surface area contributed by atoms with Gasteiger partial charge < -0.3 is 9.84 Å². The number of aromatic amines is 1. The molecule has 0 aliphatic rings. The summed E-state index contributed by atoms with van der Waals surface area (Å²) in [6.07, 6.45) is 0. The van der Waals surface area contributed by atoms with Crippen molar-refractivity contribution < 1.29 is 14.6 Å². The molecule has 0 saturated heterocycles. The zero-order valence-corrected chi connectivity index (χ0v) is 11.0. The van der Waals surface area contributed by atoms with E-state index in [9.17, 15) is 4.79 Å². The van der Waals surface area contributed by atoms with Gasteiger partial charge in [-0.3, -0.25) is 9.89 Å². The van der Waals surface area contributed by atoms with Crippen LogP contribution in [0, 0.1) is 5.92 Å². The van der Waals surface area contributed by atoms with Crippen molar-refractivity contribution in [1.29, 1.82) is 0 Å². The first-order chi connectivity index (χ1) is 9.06. The molecule has 2 aromatic rings. The van der Waals surface area contributed by atoms with Crippen molar-refractivity contribution >= 4 is 17.6 Å². The van der Waals surface area contributed by atoms with E-state index >= 15 is 0 Å². The number of aromatic nitrogens is 2. The van der Waals surface area contributed by atoms with E-state index in [4.69, 9.17) is 21.4 Å². The summed E-state index contributed by atoms with van der Waals surface area (Å²) < 4.78 is 5.31. The summed E-state index contributed by atoms with van der Waals surface area (Å²) in [5.41, 5.74) is 1.72. The molecule has 0 aliphatic heterocycles. The van der Waals surface area contributed by atoms with Crippen LogP contribution in [0.5, 0.6) is 5.88 Å². The van der Waals surface area contributed by atoms with E-state index < -0.39 is 11.9 Å². The van der Waals surface area contributed by atoms with Gasteiger partial charge in [-0.25, -0.2) is 0 Å². The lowest BCUT2D eigenvalue weighted by Gasteiger charge is -2.05. The van der Waals surface area contributed by atoms with Crippen LogP contribution < -0.4 is 4.74 Å². The van der Waals surface area contributed by atoms with Crippen LogP contribution in [0.2, 0.25) is 5.02 Å². The second-order valence-corrected chi connectivity index (χ2v) is 4.61. The Labute approximate surface area is 115 Å². The number of nitrogens with one attached hydrogen (secondary N) is 1. The third-order valence-electron chi connectivity index (χ3n) is 2.61. The van der Waals surface area contributed by atoms with Gasteiger partial charge in [0.05, 0.1) is 11.6 Å². The Balaban J connectivity index is 2.03. The van der Waals surface area contributed by atoms with Crippen molar-refractivity contribution in [3.05, 3.63) is 35.4 Å². The van der Waals surface area contributed by atoms with Gasteiger partial charge in [0.2, 0.25) is 5.88 Å². The van der Waals surface area contributed by atoms with Crippen LogP contribution in [0.4, 0.5) is 0 Å². The van der Waals surface area contributed by atoms with Crippen LogP contribution in [-0.2, 0) is 4.79 Å². The minimum absolute atomic E-state index is 0.0836. The van der Waals surface area contributed by atoms with Gasteiger partial charge in [-0.15, -0.1) is 5.10 Å². The fourth-order valence-electron chi connectivity index (χ4n) is 1.44. The summed E-state index contributed by atoms with van der Waals surface area (Å²) in [6.45, 7) is 1.66. The average molecular weight is 281 g/mol. The van der Waals surface area contributed by atoms with Crippen molar-refractivity contribution in [2.45, 2.75) is 6.92 Å². The van der Waals surface area contributed by atoms with Crippen molar-refractivity contribution in [3.63, 3.8) is 0 Å². The summed E-state index contributed by atoms with van der Waals surface area (Å²) in [7, 11) is 0. The topological polar surface area (TPSA) is 75.2 Å². The van der Waals surface area contributed by atoms with E-state index in [0.29, 0.717) is 10.9 Å². The molecule has 0 saturated carbocycles. The zero-order chi connectivity index (χ0) is 13.8. The van der Waals surface area contributed by atoms with Crippen molar-refractivity contribution in [2.24, 2.45) is 5.92 Å². The molecule has 0 bridgehead atoms. The van der Waals surface area contributed by atoms with Gasteiger partial charge in [-0.05, 0) is 24.6 Å². The Bertz CT molecular complexity index is 566. The molecule has 6 heteroatoms. The number of carboxylic acid groups (broad SMARTS) is 1. The van der Waals surface area contributed by atoms with Crippen LogP contribution in [0.15, 0.2) is 30.3 Å². The SMILES string of the molecule is CC(COc1cc(-c2ccc(Cl)cc2)[nH]n1)C(=O)O. The number of aliphatic carboxylic acids is 1. The molecule has 2 N–H and O–H groups in total. The predicted octanol–water partition coefficient (Wildman–Crippen LogP) is 2.83. The molecule has 2 rings (SSSR count). The van der Waals surface area contributed by atoms with Gasteiger partial charge in [0.15, 0.2) is 0 Å². The second kappa shape index (κ2) is 5.75. The highest BCUT2D eigenvalue weighted by Crippen LogP contribution is 2.22. The zero-order valence-electron chi connectivity index (χ0n) is 10.3. The summed E-state index contributed by atoms with van der Waals surface area (Å²) in [6, 6.07) is 9.01. The van der Waals surface area contributed by atoms with Gasteiger partial charge in [0.25, 0.3) is 0 Å².